The maximum Gasteiger partial charge on any atom is 0.494 e. The van der Waals surface area contributed by atoms with E-state index in [1.54, 1.807) is 0 Å². The number of furan rings is 1. The van der Waals surface area contributed by atoms with Crippen molar-refractivity contribution in [2.24, 2.45) is 0 Å². The minimum atomic E-state index is -0.422. The van der Waals surface area contributed by atoms with Crippen LogP contribution in [0.4, 0.5) is 17.1 Å². The van der Waals surface area contributed by atoms with Crippen molar-refractivity contribution in [3.05, 3.63) is 96.3 Å². The first-order chi connectivity index (χ1) is 16.8. The fourth-order valence-electron chi connectivity index (χ4n) is 4.61. The van der Waals surface area contributed by atoms with E-state index in [4.69, 9.17) is 13.7 Å². The molecule has 1 aliphatic heterocycles. The summed E-state index contributed by atoms with van der Waals surface area (Å²) in [4.78, 5) is 2.25. The fraction of sp³-hybridized carbons (Fsp3) is 0.200. The first-order valence-electron chi connectivity index (χ1n) is 12.0. The molecule has 2 heterocycles. The van der Waals surface area contributed by atoms with Crippen LogP contribution in [0.2, 0.25) is 0 Å². The Hall–Kier alpha value is -3.63. The number of hydrogen-bond donors (Lipinski definition) is 0. The van der Waals surface area contributed by atoms with Gasteiger partial charge in [0.05, 0.1) is 22.7 Å². The zero-order valence-corrected chi connectivity index (χ0v) is 20.4. The zero-order chi connectivity index (χ0) is 24.2. The minimum Gasteiger partial charge on any atom is -0.399 e. The Kier molecular flexibility index (Phi) is 4.98. The summed E-state index contributed by atoms with van der Waals surface area (Å²) in [6.07, 6.45) is 8.96. The Morgan fingerprint density at radius 3 is 2.26 bits per heavy atom. The molecule has 4 aromatic rings. The number of rotatable bonds is 4. The molecule has 0 radical (unpaired) electrons. The van der Waals surface area contributed by atoms with Crippen LogP contribution in [0.5, 0.6) is 0 Å². The fourth-order valence-corrected chi connectivity index (χ4v) is 4.61. The molecule has 1 aromatic heterocycles. The lowest BCUT2D eigenvalue weighted by molar-refractivity contribution is 0.00578. The van der Waals surface area contributed by atoms with Crippen LogP contribution in [-0.4, -0.2) is 18.3 Å². The lowest BCUT2D eigenvalue weighted by Crippen LogP contribution is -2.41. The molecule has 1 fully saturated rings. The van der Waals surface area contributed by atoms with Crippen molar-refractivity contribution < 1.29 is 13.7 Å². The van der Waals surface area contributed by atoms with Crippen LogP contribution in [0.3, 0.4) is 0 Å². The molecule has 35 heavy (non-hydrogen) atoms. The summed E-state index contributed by atoms with van der Waals surface area (Å²) in [5.74, 6) is 0.841. The molecular weight excluding hydrogens is 433 g/mol. The molecule has 0 amide bonds. The third-order valence-electron chi connectivity index (χ3n) is 7.23. The molecule has 4 nitrogen and oxygen atoms in total. The van der Waals surface area contributed by atoms with Crippen molar-refractivity contribution in [3.8, 4) is 0 Å². The van der Waals surface area contributed by atoms with Gasteiger partial charge in [-0.1, -0.05) is 30.3 Å². The summed E-state index contributed by atoms with van der Waals surface area (Å²) >= 11 is 0. The van der Waals surface area contributed by atoms with Gasteiger partial charge in [-0.2, -0.15) is 0 Å². The molecule has 1 saturated heterocycles. The predicted molar refractivity (Wildman–Crippen MR) is 143 cm³/mol. The van der Waals surface area contributed by atoms with E-state index in [1.807, 2.05) is 24.3 Å². The van der Waals surface area contributed by atoms with Gasteiger partial charge in [-0.3, -0.25) is 0 Å². The van der Waals surface area contributed by atoms with Crippen molar-refractivity contribution in [3.63, 3.8) is 0 Å². The summed E-state index contributed by atoms with van der Waals surface area (Å²) in [6, 6.07) is 25.1. The maximum atomic E-state index is 6.34. The quantitative estimate of drug-likeness (QED) is 0.242. The number of hydrogen-bond acceptors (Lipinski definition) is 4. The van der Waals surface area contributed by atoms with Gasteiger partial charge in [0, 0.05) is 23.1 Å². The van der Waals surface area contributed by atoms with Gasteiger partial charge in [-0.05, 0) is 75.6 Å². The topological polar surface area (TPSA) is 34.8 Å². The second-order valence-electron chi connectivity index (χ2n) is 10.1. The van der Waals surface area contributed by atoms with Crippen LogP contribution in [0, 0.1) is 6.08 Å². The van der Waals surface area contributed by atoms with Crippen molar-refractivity contribution in [1.82, 2.24) is 0 Å². The number of para-hydroxylation sites is 1. The van der Waals surface area contributed by atoms with E-state index < -0.39 is 18.3 Å². The number of fused-ring (bicyclic) bond motifs is 3. The van der Waals surface area contributed by atoms with Gasteiger partial charge >= 0.3 is 7.12 Å². The molecule has 2 aliphatic rings. The van der Waals surface area contributed by atoms with Gasteiger partial charge in [-0.25, -0.2) is 0 Å². The lowest BCUT2D eigenvalue weighted by Gasteiger charge is -2.32. The van der Waals surface area contributed by atoms with Crippen molar-refractivity contribution in [2.75, 3.05) is 4.90 Å². The average Bonchev–Trinajstić information content (AvgIpc) is 3.33. The van der Waals surface area contributed by atoms with Crippen LogP contribution in [0.15, 0.2) is 83.3 Å². The maximum absolute atomic E-state index is 6.34. The van der Waals surface area contributed by atoms with Crippen LogP contribution in [0.25, 0.3) is 23.1 Å². The highest BCUT2D eigenvalue weighted by atomic mass is 16.7. The SMILES string of the molecule is CC1(C)OB(c2cccc(N(c3ccccc3)c3ccc4oc5c(c4c3)C=C[C+]=C5)c2)OC1(C)C. The molecule has 3 aromatic carbocycles. The van der Waals surface area contributed by atoms with Gasteiger partial charge in [-0.15, -0.1) is 0 Å². The third kappa shape index (κ3) is 3.69. The average molecular weight is 460 g/mol. The Morgan fingerprint density at radius 1 is 0.771 bits per heavy atom. The Labute approximate surface area is 206 Å². The molecule has 0 unspecified atom stereocenters. The van der Waals surface area contributed by atoms with Crippen LogP contribution >= 0.6 is 0 Å². The van der Waals surface area contributed by atoms with E-state index >= 15 is 0 Å². The standard InChI is InChI=1S/C30H27BNO3/c1-29(2)30(3,4)35-31(34-29)21-11-10-14-23(19-21)32(22-12-6-5-7-13-22)24-17-18-28-26(20-24)25-15-8-9-16-27(25)33-28/h5-8,10-20H,1-4H3/q+1. The van der Waals surface area contributed by atoms with Gasteiger partial charge in [0.1, 0.15) is 17.7 Å². The smallest absolute Gasteiger partial charge is 0.399 e. The highest BCUT2D eigenvalue weighted by Gasteiger charge is 2.51. The molecule has 5 heteroatoms. The van der Waals surface area contributed by atoms with E-state index in [1.165, 1.54) is 0 Å². The van der Waals surface area contributed by atoms with Gasteiger partial charge in [0.2, 0.25) is 5.76 Å². The van der Waals surface area contributed by atoms with Crippen LogP contribution in [-0.2, 0) is 9.31 Å². The highest BCUT2D eigenvalue weighted by molar-refractivity contribution is 6.62. The normalized spacial score (nSPS) is 17.4. The van der Waals surface area contributed by atoms with E-state index in [0.717, 1.165) is 44.8 Å². The molecule has 6 rings (SSSR count). The van der Waals surface area contributed by atoms with Gasteiger partial charge in [0.25, 0.3) is 0 Å². The predicted octanol–water partition coefficient (Wildman–Crippen LogP) is 7.04. The molecular formula is C30H27BNO3+. The van der Waals surface area contributed by atoms with Crippen molar-refractivity contribution in [2.45, 2.75) is 38.9 Å². The molecule has 0 N–H and O–H groups in total. The second-order valence-corrected chi connectivity index (χ2v) is 10.1. The lowest BCUT2D eigenvalue weighted by atomic mass is 9.79. The summed E-state index contributed by atoms with van der Waals surface area (Å²) < 4.78 is 18.7. The first kappa shape index (κ1) is 21.9. The largest absolute Gasteiger partial charge is 0.494 e. The summed E-state index contributed by atoms with van der Waals surface area (Å²) in [5, 5.41) is 1.08. The summed E-state index contributed by atoms with van der Waals surface area (Å²) in [7, 11) is -0.422. The highest BCUT2D eigenvalue weighted by Crippen LogP contribution is 2.40. The van der Waals surface area contributed by atoms with E-state index in [9.17, 15) is 0 Å². The first-order valence-corrected chi connectivity index (χ1v) is 12.0. The summed E-state index contributed by atoms with van der Waals surface area (Å²) in [5.41, 5.74) is 5.30. The Bertz CT molecular complexity index is 1450. The van der Waals surface area contributed by atoms with Crippen molar-refractivity contribution in [1.29, 1.82) is 0 Å². The third-order valence-corrected chi connectivity index (χ3v) is 7.23. The molecule has 0 atom stereocenters. The minimum absolute atomic E-state index is 0.391. The number of anilines is 3. The van der Waals surface area contributed by atoms with E-state index in [-0.39, 0.29) is 0 Å². The molecule has 0 saturated carbocycles. The zero-order valence-electron chi connectivity index (χ0n) is 20.4. The second kappa shape index (κ2) is 7.96. The Balaban J connectivity index is 1.46. The van der Waals surface area contributed by atoms with Crippen molar-refractivity contribution >= 4 is 52.8 Å². The van der Waals surface area contributed by atoms with E-state index in [2.05, 4.69) is 105 Å². The van der Waals surface area contributed by atoms with Crippen LogP contribution < -0.4 is 10.4 Å². The number of allylic oxidation sites excluding steroid dienone is 2. The monoisotopic (exact) mass is 460 g/mol. The number of nitrogens with zero attached hydrogens (tertiary/aromatic N) is 1. The summed E-state index contributed by atoms with van der Waals surface area (Å²) in [6.45, 7) is 8.31. The van der Waals surface area contributed by atoms with E-state index in [0.29, 0.717) is 0 Å². The van der Waals surface area contributed by atoms with Gasteiger partial charge in [0.15, 0.2) is 5.58 Å². The molecule has 0 spiro atoms. The van der Waals surface area contributed by atoms with Gasteiger partial charge < -0.3 is 18.6 Å². The molecule has 1 aliphatic carbocycles. The molecule has 0 bridgehead atoms. The molecule has 172 valence electrons. The Morgan fingerprint density at radius 2 is 1.49 bits per heavy atom. The van der Waals surface area contributed by atoms with Crippen LogP contribution in [0.1, 0.15) is 39.0 Å². The number of benzene rings is 3.